The molecule has 0 spiro atoms. The fourth-order valence-electron chi connectivity index (χ4n) is 3.92. The normalized spacial score (nSPS) is 10.9. The van der Waals surface area contributed by atoms with Gasteiger partial charge in [0.25, 0.3) is 0 Å². The van der Waals surface area contributed by atoms with E-state index in [-0.39, 0.29) is 0 Å². The molecule has 0 amide bonds. The van der Waals surface area contributed by atoms with E-state index in [1.54, 1.807) is 0 Å². The lowest BCUT2D eigenvalue weighted by molar-refractivity contribution is 1.56. The van der Waals surface area contributed by atoms with Gasteiger partial charge in [0.05, 0.1) is 0 Å². The van der Waals surface area contributed by atoms with Gasteiger partial charge in [-0.3, -0.25) is 0 Å². The maximum absolute atomic E-state index is 2.30. The molecule has 0 bridgehead atoms. The molecular formula is C28H20. The van der Waals surface area contributed by atoms with E-state index in [1.807, 2.05) is 0 Å². The minimum absolute atomic E-state index is 1.24. The highest BCUT2D eigenvalue weighted by Gasteiger charge is 2.14. The summed E-state index contributed by atoms with van der Waals surface area (Å²) in [5.41, 5.74) is 7.53. The quantitative estimate of drug-likeness (QED) is 0.309. The Hall–Kier alpha value is -3.64. The molecule has 0 saturated carbocycles. The Morgan fingerprint density at radius 3 is 1.61 bits per heavy atom. The summed E-state index contributed by atoms with van der Waals surface area (Å²) in [6.07, 6.45) is 0. The van der Waals surface area contributed by atoms with Crippen molar-refractivity contribution in [2.45, 2.75) is 0 Å². The molecule has 0 aromatic heterocycles. The predicted molar refractivity (Wildman–Crippen MR) is 120 cm³/mol. The first-order valence-corrected chi connectivity index (χ1v) is 9.63. The van der Waals surface area contributed by atoms with Gasteiger partial charge in [0.2, 0.25) is 0 Å². The highest BCUT2D eigenvalue weighted by molar-refractivity contribution is 5.97. The third-order valence-electron chi connectivity index (χ3n) is 5.27. The topological polar surface area (TPSA) is 0 Å². The third kappa shape index (κ3) is 3.00. The SMILES string of the molecule is c1ccc(-c2cccc(-c3ccc4ccccc4c3)c2-c2ccccc2)cc1. The molecule has 5 rings (SSSR count). The van der Waals surface area contributed by atoms with Crippen LogP contribution in [0.3, 0.4) is 0 Å². The van der Waals surface area contributed by atoms with Crippen molar-refractivity contribution in [1.29, 1.82) is 0 Å². The van der Waals surface area contributed by atoms with Gasteiger partial charge in [-0.25, -0.2) is 0 Å². The summed E-state index contributed by atoms with van der Waals surface area (Å²) < 4.78 is 0. The smallest absolute Gasteiger partial charge is 0.00268 e. The lowest BCUT2D eigenvalue weighted by atomic mass is 9.87. The van der Waals surface area contributed by atoms with E-state index in [4.69, 9.17) is 0 Å². The average Bonchev–Trinajstić information content (AvgIpc) is 2.79. The minimum atomic E-state index is 1.24. The summed E-state index contributed by atoms with van der Waals surface area (Å²) in [6.45, 7) is 0. The molecule has 0 N–H and O–H groups in total. The van der Waals surface area contributed by atoms with Crippen LogP contribution in [0.15, 0.2) is 121 Å². The zero-order valence-corrected chi connectivity index (χ0v) is 15.5. The van der Waals surface area contributed by atoms with Crippen molar-refractivity contribution in [2.24, 2.45) is 0 Å². The Morgan fingerprint density at radius 2 is 0.893 bits per heavy atom. The van der Waals surface area contributed by atoms with E-state index < -0.39 is 0 Å². The van der Waals surface area contributed by atoms with Crippen molar-refractivity contribution >= 4 is 10.8 Å². The third-order valence-corrected chi connectivity index (χ3v) is 5.27. The van der Waals surface area contributed by atoms with Crippen molar-refractivity contribution in [1.82, 2.24) is 0 Å². The largest absolute Gasteiger partial charge is 0.0622 e. The van der Waals surface area contributed by atoms with Crippen LogP contribution >= 0.6 is 0 Å². The molecule has 5 aromatic rings. The lowest BCUT2D eigenvalue weighted by Gasteiger charge is -2.16. The van der Waals surface area contributed by atoms with Crippen LogP contribution in [-0.4, -0.2) is 0 Å². The van der Waals surface area contributed by atoms with Gasteiger partial charge >= 0.3 is 0 Å². The van der Waals surface area contributed by atoms with Crippen LogP contribution in [0.25, 0.3) is 44.2 Å². The van der Waals surface area contributed by atoms with Crippen molar-refractivity contribution in [3.63, 3.8) is 0 Å². The second-order valence-electron chi connectivity index (χ2n) is 7.02. The number of hydrogen-bond acceptors (Lipinski definition) is 0. The van der Waals surface area contributed by atoms with Crippen LogP contribution in [0, 0.1) is 0 Å². The van der Waals surface area contributed by atoms with E-state index in [0.717, 1.165) is 0 Å². The second kappa shape index (κ2) is 7.17. The first-order chi connectivity index (χ1) is 13.9. The highest BCUT2D eigenvalue weighted by atomic mass is 14.2. The summed E-state index contributed by atoms with van der Waals surface area (Å²) >= 11 is 0. The molecule has 0 heterocycles. The molecule has 0 nitrogen and oxygen atoms in total. The molecule has 0 aliphatic heterocycles. The van der Waals surface area contributed by atoms with E-state index in [2.05, 4.69) is 121 Å². The molecular weight excluding hydrogens is 336 g/mol. The Bertz CT molecular complexity index is 1240. The number of rotatable bonds is 3. The molecule has 0 heteroatoms. The van der Waals surface area contributed by atoms with Gasteiger partial charge in [-0.05, 0) is 50.2 Å². The lowest BCUT2D eigenvalue weighted by Crippen LogP contribution is -1.90. The Morgan fingerprint density at radius 1 is 0.321 bits per heavy atom. The highest BCUT2D eigenvalue weighted by Crippen LogP contribution is 2.40. The number of hydrogen-bond donors (Lipinski definition) is 0. The van der Waals surface area contributed by atoms with Gasteiger partial charge in [-0.1, -0.05) is 115 Å². The molecule has 0 aliphatic carbocycles. The van der Waals surface area contributed by atoms with Crippen LogP contribution in [0.1, 0.15) is 0 Å². The van der Waals surface area contributed by atoms with Crippen molar-refractivity contribution < 1.29 is 0 Å². The fourth-order valence-corrected chi connectivity index (χ4v) is 3.92. The van der Waals surface area contributed by atoms with Crippen LogP contribution in [0.5, 0.6) is 0 Å². The molecule has 5 aromatic carbocycles. The predicted octanol–water partition coefficient (Wildman–Crippen LogP) is 7.84. The van der Waals surface area contributed by atoms with Crippen molar-refractivity contribution in [2.75, 3.05) is 0 Å². The van der Waals surface area contributed by atoms with E-state index in [9.17, 15) is 0 Å². The van der Waals surface area contributed by atoms with Crippen molar-refractivity contribution in [3.05, 3.63) is 121 Å². The summed E-state index contributed by atoms with van der Waals surface area (Å²) in [5.74, 6) is 0. The van der Waals surface area contributed by atoms with Crippen LogP contribution in [0.2, 0.25) is 0 Å². The Balaban J connectivity index is 1.80. The minimum Gasteiger partial charge on any atom is -0.0622 e. The van der Waals surface area contributed by atoms with Gasteiger partial charge in [-0.2, -0.15) is 0 Å². The van der Waals surface area contributed by atoms with Crippen LogP contribution in [0.4, 0.5) is 0 Å². The van der Waals surface area contributed by atoms with Gasteiger partial charge in [0.15, 0.2) is 0 Å². The Kier molecular flexibility index (Phi) is 4.23. The molecule has 0 radical (unpaired) electrons. The van der Waals surface area contributed by atoms with Gasteiger partial charge in [0, 0.05) is 0 Å². The second-order valence-corrected chi connectivity index (χ2v) is 7.02. The molecule has 0 atom stereocenters. The molecule has 28 heavy (non-hydrogen) atoms. The maximum atomic E-state index is 2.30. The average molecular weight is 356 g/mol. The molecule has 132 valence electrons. The standard InChI is InChI=1S/C28H20/c1-3-11-22(12-4-1)26-16-9-17-27(28(26)23-13-5-2-6-14-23)25-19-18-21-10-7-8-15-24(21)20-25/h1-20H. The Labute approximate surface area is 165 Å². The van der Waals surface area contributed by atoms with E-state index >= 15 is 0 Å². The summed E-state index contributed by atoms with van der Waals surface area (Å²) in [5, 5.41) is 2.54. The number of fused-ring (bicyclic) bond motifs is 1. The molecule has 0 unspecified atom stereocenters. The summed E-state index contributed by atoms with van der Waals surface area (Å²) in [7, 11) is 0. The summed E-state index contributed by atoms with van der Waals surface area (Å²) in [6, 6.07) is 43.3. The van der Waals surface area contributed by atoms with E-state index in [1.165, 1.54) is 44.2 Å². The molecule has 0 saturated heterocycles. The first kappa shape index (κ1) is 16.5. The molecule has 0 aliphatic rings. The molecule has 0 fully saturated rings. The summed E-state index contributed by atoms with van der Waals surface area (Å²) in [4.78, 5) is 0. The van der Waals surface area contributed by atoms with Crippen LogP contribution < -0.4 is 0 Å². The van der Waals surface area contributed by atoms with Gasteiger partial charge < -0.3 is 0 Å². The zero-order valence-electron chi connectivity index (χ0n) is 15.5. The number of benzene rings is 5. The fraction of sp³-hybridized carbons (Fsp3) is 0. The zero-order chi connectivity index (χ0) is 18.8. The van der Waals surface area contributed by atoms with Gasteiger partial charge in [0.1, 0.15) is 0 Å². The van der Waals surface area contributed by atoms with Crippen LogP contribution in [-0.2, 0) is 0 Å². The first-order valence-electron chi connectivity index (χ1n) is 9.63. The van der Waals surface area contributed by atoms with Crippen molar-refractivity contribution in [3.8, 4) is 33.4 Å². The van der Waals surface area contributed by atoms with E-state index in [0.29, 0.717) is 0 Å². The van der Waals surface area contributed by atoms with Gasteiger partial charge in [-0.15, -0.1) is 0 Å². The monoisotopic (exact) mass is 356 g/mol. The maximum Gasteiger partial charge on any atom is -0.00268 e.